The summed E-state index contributed by atoms with van der Waals surface area (Å²) in [5.74, 6) is -1.29. The van der Waals surface area contributed by atoms with Crippen LogP contribution in [0.15, 0.2) is 30.3 Å². The molecule has 0 heterocycles. The van der Waals surface area contributed by atoms with E-state index in [0.717, 1.165) is 0 Å². The lowest BCUT2D eigenvalue weighted by Gasteiger charge is -2.07. The maximum absolute atomic E-state index is 11.0. The molecule has 1 rings (SSSR count). The van der Waals surface area contributed by atoms with Gasteiger partial charge < -0.3 is 5.21 Å². The smallest absolute Gasteiger partial charge is 0.316 e. The zero-order valence-electron chi connectivity index (χ0n) is 7.08. The van der Waals surface area contributed by atoms with Crippen LogP contribution in [0.25, 0.3) is 0 Å². The number of hydrogen-bond donors (Lipinski definition) is 2. The molecular formula is C8H8N2O4. The number of carbonyl (C=O) groups is 1. The lowest BCUT2D eigenvalue weighted by molar-refractivity contribution is -0.406. The van der Waals surface area contributed by atoms with E-state index in [-0.39, 0.29) is 0 Å². The quantitative estimate of drug-likeness (QED) is 0.542. The number of benzene rings is 1. The molecule has 1 unspecified atom stereocenters. The highest BCUT2D eigenvalue weighted by atomic mass is 16.6. The molecule has 6 nitrogen and oxygen atoms in total. The summed E-state index contributed by atoms with van der Waals surface area (Å²) in [5, 5.41) is 18.8. The Labute approximate surface area is 79.3 Å². The summed E-state index contributed by atoms with van der Waals surface area (Å²) < 4.78 is 0. The van der Waals surface area contributed by atoms with Crippen molar-refractivity contribution in [2.24, 2.45) is 0 Å². The molecule has 0 aliphatic rings. The summed E-state index contributed by atoms with van der Waals surface area (Å²) in [5.41, 5.74) is 1.95. The maximum Gasteiger partial charge on any atom is 0.468 e. The third-order valence-corrected chi connectivity index (χ3v) is 1.69. The average Bonchev–Trinajstić information content (AvgIpc) is 2.20. The summed E-state index contributed by atoms with van der Waals surface area (Å²) in [6, 6.07) is 6.64. The van der Waals surface area contributed by atoms with Gasteiger partial charge >= 0.3 is 5.91 Å². The molecule has 0 aliphatic heterocycles. The van der Waals surface area contributed by atoms with Gasteiger partial charge in [0.1, 0.15) is 4.92 Å². The Kier molecular flexibility index (Phi) is 3.27. The Morgan fingerprint density at radius 3 is 2.43 bits per heavy atom. The number of nitrogens with one attached hydrogen (secondary N) is 1. The van der Waals surface area contributed by atoms with Crippen molar-refractivity contribution in [2.75, 3.05) is 0 Å². The molecule has 1 atom stereocenters. The Morgan fingerprint density at radius 2 is 2.00 bits per heavy atom. The van der Waals surface area contributed by atoms with Gasteiger partial charge in [-0.15, -0.1) is 0 Å². The van der Waals surface area contributed by atoms with Gasteiger partial charge in [-0.2, -0.15) is 5.48 Å². The van der Waals surface area contributed by atoms with Crippen LogP contribution < -0.4 is 5.48 Å². The molecule has 14 heavy (non-hydrogen) atoms. The van der Waals surface area contributed by atoms with Gasteiger partial charge in [0, 0.05) is 0 Å². The zero-order chi connectivity index (χ0) is 10.6. The van der Waals surface area contributed by atoms with Crippen LogP contribution in [-0.2, 0) is 4.79 Å². The Hall–Kier alpha value is -1.79. The number of carbonyl (C=O) groups excluding carboxylic acids is 1. The highest BCUT2D eigenvalue weighted by Crippen LogP contribution is 2.12. The predicted molar refractivity (Wildman–Crippen MR) is 46.1 cm³/mol. The minimum absolute atomic E-state index is 0.344. The molecule has 6 heteroatoms. The van der Waals surface area contributed by atoms with Crippen LogP contribution >= 0.6 is 0 Å². The van der Waals surface area contributed by atoms with Crippen LogP contribution in [0.3, 0.4) is 0 Å². The van der Waals surface area contributed by atoms with Gasteiger partial charge in [-0.05, 0) is 5.56 Å². The molecule has 1 aromatic carbocycles. The number of amides is 1. The number of hydrogen-bond acceptors (Lipinski definition) is 5. The van der Waals surface area contributed by atoms with E-state index in [1.165, 1.54) is 12.1 Å². The third-order valence-electron chi connectivity index (χ3n) is 1.69. The van der Waals surface area contributed by atoms with Crippen LogP contribution in [0, 0.1) is 10.1 Å². The molecule has 1 amide bonds. The normalized spacial score (nSPS) is 12.1. The number of rotatable bonds is 3. The van der Waals surface area contributed by atoms with Crippen molar-refractivity contribution in [1.29, 1.82) is 0 Å². The van der Waals surface area contributed by atoms with Gasteiger partial charge in [-0.3, -0.25) is 10.1 Å². The van der Waals surface area contributed by atoms with E-state index in [2.05, 4.69) is 0 Å². The van der Waals surface area contributed by atoms with Crippen LogP contribution in [0.4, 0.5) is 0 Å². The molecular weight excluding hydrogens is 188 g/mol. The molecule has 0 aromatic heterocycles. The highest BCUT2D eigenvalue weighted by molar-refractivity contribution is 5.75. The second-order valence-electron chi connectivity index (χ2n) is 2.57. The van der Waals surface area contributed by atoms with Crippen molar-refractivity contribution in [2.45, 2.75) is 6.04 Å². The SMILES string of the molecule is O=C(C(NO)c1ccccc1)[N+](=O)[O-]. The van der Waals surface area contributed by atoms with Crippen LogP contribution in [0.2, 0.25) is 0 Å². The number of nitro groups is 1. The first-order valence-corrected chi connectivity index (χ1v) is 3.79. The van der Waals surface area contributed by atoms with Gasteiger partial charge in [0.05, 0.1) is 0 Å². The number of hydroxylamine groups is 1. The summed E-state index contributed by atoms with van der Waals surface area (Å²) in [6.45, 7) is 0. The Morgan fingerprint density at radius 1 is 1.43 bits per heavy atom. The summed E-state index contributed by atoms with van der Waals surface area (Å²) in [4.78, 5) is 20.1. The van der Waals surface area contributed by atoms with Crippen molar-refractivity contribution in [3.05, 3.63) is 46.0 Å². The minimum Gasteiger partial charge on any atom is -0.316 e. The largest absolute Gasteiger partial charge is 0.468 e. The van der Waals surface area contributed by atoms with E-state index < -0.39 is 16.9 Å². The summed E-state index contributed by atoms with van der Waals surface area (Å²) in [6.07, 6.45) is 0. The van der Waals surface area contributed by atoms with Crippen LogP contribution in [0.5, 0.6) is 0 Å². The van der Waals surface area contributed by atoms with Crippen LogP contribution in [0.1, 0.15) is 11.6 Å². The van der Waals surface area contributed by atoms with E-state index in [9.17, 15) is 14.9 Å². The maximum atomic E-state index is 11.0. The van der Waals surface area contributed by atoms with Crippen LogP contribution in [-0.4, -0.2) is 16.0 Å². The van der Waals surface area contributed by atoms with E-state index in [0.29, 0.717) is 5.56 Å². The molecule has 0 radical (unpaired) electrons. The minimum atomic E-state index is -1.31. The van der Waals surface area contributed by atoms with E-state index in [1.807, 2.05) is 0 Å². The molecule has 1 aromatic rings. The third kappa shape index (κ3) is 2.12. The molecule has 74 valence electrons. The van der Waals surface area contributed by atoms with Gasteiger partial charge in [0.15, 0.2) is 6.04 Å². The van der Waals surface area contributed by atoms with E-state index >= 15 is 0 Å². The van der Waals surface area contributed by atoms with Crippen molar-refractivity contribution < 1.29 is 14.9 Å². The summed E-state index contributed by atoms with van der Waals surface area (Å²) in [7, 11) is 0. The fourth-order valence-corrected chi connectivity index (χ4v) is 1.02. The molecule has 0 bridgehead atoms. The number of nitrogens with zero attached hydrogens (tertiary/aromatic N) is 1. The lowest BCUT2D eigenvalue weighted by atomic mass is 10.1. The summed E-state index contributed by atoms with van der Waals surface area (Å²) >= 11 is 0. The standard InChI is InChI=1S/C8H8N2O4/c11-8(10(13)14)7(9-12)6-4-2-1-3-5-6/h1-5,7,9,12H. The first-order valence-electron chi connectivity index (χ1n) is 3.79. The van der Waals surface area contributed by atoms with Gasteiger partial charge in [0.2, 0.25) is 0 Å². The second kappa shape index (κ2) is 4.45. The van der Waals surface area contributed by atoms with E-state index in [1.54, 1.807) is 23.7 Å². The van der Waals surface area contributed by atoms with E-state index in [4.69, 9.17) is 5.21 Å². The monoisotopic (exact) mass is 196 g/mol. The predicted octanol–water partition coefficient (Wildman–Crippen LogP) is 0.510. The van der Waals surface area contributed by atoms with Crippen molar-refractivity contribution in [3.8, 4) is 0 Å². The molecule has 0 saturated heterocycles. The molecule has 0 aliphatic carbocycles. The fraction of sp³-hybridized carbons (Fsp3) is 0.125. The van der Waals surface area contributed by atoms with Crippen molar-refractivity contribution in [3.63, 3.8) is 0 Å². The van der Waals surface area contributed by atoms with Gasteiger partial charge in [-0.1, -0.05) is 30.3 Å². The molecule has 0 fully saturated rings. The Bertz CT molecular complexity index is 338. The Balaban J connectivity index is 2.93. The first-order chi connectivity index (χ1) is 6.66. The molecule has 0 spiro atoms. The van der Waals surface area contributed by atoms with Crippen molar-refractivity contribution in [1.82, 2.24) is 5.48 Å². The van der Waals surface area contributed by atoms with Crippen molar-refractivity contribution >= 4 is 5.91 Å². The highest BCUT2D eigenvalue weighted by Gasteiger charge is 2.29. The topological polar surface area (TPSA) is 92.5 Å². The lowest BCUT2D eigenvalue weighted by Crippen LogP contribution is -2.30. The second-order valence-corrected chi connectivity index (χ2v) is 2.57. The molecule has 2 N–H and O–H groups in total. The average molecular weight is 196 g/mol. The molecule has 0 saturated carbocycles. The zero-order valence-corrected chi connectivity index (χ0v) is 7.08. The first kappa shape index (κ1) is 10.3. The van der Waals surface area contributed by atoms with Gasteiger partial charge in [-0.25, -0.2) is 4.79 Å². The fourth-order valence-electron chi connectivity index (χ4n) is 1.02. The van der Waals surface area contributed by atoms with Gasteiger partial charge in [0.25, 0.3) is 0 Å².